The van der Waals surface area contributed by atoms with Gasteiger partial charge in [-0.3, -0.25) is 9.48 Å². The van der Waals surface area contributed by atoms with Gasteiger partial charge in [-0.15, -0.1) is 5.10 Å². The van der Waals surface area contributed by atoms with Crippen molar-refractivity contribution in [2.45, 2.75) is 25.8 Å². The third-order valence-corrected chi connectivity index (χ3v) is 5.50. The smallest absolute Gasteiger partial charge is 0.224 e. The van der Waals surface area contributed by atoms with Gasteiger partial charge < -0.3 is 15.8 Å². The molecule has 1 aromatic heterocycles. The highest BCUT2D eigenvalue weighted by atomic mass is 19.1. The van der Waals surface area contributed by atoms with Gasteiger partial charge in [0, 0.05) is 25.6 Å². The van der Waals surface area contributed by atoms with Crippen LogP contribution < -0.4 is 15.8 Å². The SMILES string of the molecule is COc1ccccc1CCn1cc(CCC(=O)Nc2cc(-c3ccc(F)cc3)ccc2N)nn1. The lowest BCUT2D eigenvalue weighted by Crippen LogP contribution is -2.13. The third kappa shape index (κ3) is 5.78. The summed E-state index contributed by atoms with van der Waals surface area (Å²) >= 11 is 0. The van der Waals surface area contributed by atoms with Crippen molar-refractivity contribution in [3.8, 4) is 16.9 Å². The van der Waals surface area contributed by atoms with Crippen molar-refractivity contribution in [3.63, 3.8) is 0 Å². The zero-order valence-corrected chi connectivity index (χ0v) is 18.9. The maximum atomic E-state index is 13.2. The molecule has 3 N–H and O–H groups in total. The maximum absolute atomic E-state index is 13.2. The van der Waals surface area contributed by atoms with Crippen LogP contribution in [0.25, 0.3) is 11.1 Å². The number of ether oxygens (including phenoxy) is 1. The van der Waals surface area contributed by atoms with Crippen LogP contribution in [0.3, 0.4) is 0 Å². The minimum Gasteiger partial charge on any atom is -0.496 e. The van der Waals surface area contributed by atoms with E-state index in [-0.39, 0.29) is 18.1 Å². The Labute approximate surface area is 197 Å². The standard InChI is InChI=1S/C26H26FN5O2/c1-34-25-5-3-2-4-19(25)14-15-32-17-22(30-31-32)11-13-26(33)29-24-16-20(8-12-23(24)28)18-6-9-21(27)10-7-18/h2-10,12,16-17H,11,13-15,28H2,1H3,(H,29,33). The number of nitrogens with one attached hydrogen (secondary N) is 1. The highest BCUT2D eigenvalue weighted by Gasteiger charge is 2.10. The van der Waals surface area contributed by atoms with E-state index in [2.05, 4.69) is 15.6 Å². The molecular formula is C26H26FN5O2. The van der Waals surface area contributed by atoms with E-state index in [1.165, 1.54) is 12.1 Å². The minimum atomic E-state index is -0.301. The van der Waals surface area contributed by atoms with Crippen LogP contribution in [0, 0.1) is 5.82 Å². The van der Waals surface area contributed by atoms with Crippen LogP contribution in [-0.2, 0) is 24.2 Å². The van der Waals surface area contributed by atoms with Gasteiger partial charge in [-0.2, -0.15) is 0 Å². The number of anilines is 2. The molecule has 1 heterocycles. The van der Waals surface area contributed by atoms with Crippen molar-refractivity contribution in [1.82, 2.24) is 15.0 Å². The monoisotopic (exact) mass is 459 g/mol. The molecule has 0 saturated carbocycles. The fraction of sp³-hybridized carbons (Fsp3) is 0.192. The molecule has 0 saturated heterocycles. The predicted molar refractivity (Wildman–Crippen MR) is 130 cm³/mol. The van der Waals surface area contributed by atoms with Crippen molar-refractivity contribution in [1.29, 1.82) is 0 Å². The van der Waals surface area contributed by atoms with Gasteiger partial charge in [-0.1, -0.05) is 41.6 Å². The molecule has 3 aromatic carbocycles. The van der Waals surface area contributed by atoms with E-state index in [1.54, 1.807) is 36.1 Å². The number of aryl methyl sites for hydroxylation is 3. The van der Waals surface area contributed by atoms with E-state index in [0.29, 0.717) is 24.3 Å². The average Bonchev–Trinajstić information content (AvgIpc) is 3.31. The number of nitrogens with zero attached hydrogens (tertiary/aromatic N) is 3. The van der Waals surface area contributed by atoms with Crippen LogP contribution in [-0.4, -0.2) is 28.0 Å². The zero-order chi connectivity index (χ0) is 23.9. The number of rotatable bonds is 9. The second-order valence-corrected chi connectivity index (χ2v) is 7.89. The van der Waals surface area contributed by atoms with Crippen LogP contribution in [0.1, 0.15) is 17.7 Å². The van der Waals surface area contributed by atoms with Crippen molar-refractivity contribution < 1.29 is 13.9 Å². The Hall–Kier alpha value is -4.20. The Morgan fingerprint density at radius 3 is 2.62 bits per heavy atom. The number of hydrogen-bond donors (Lipinski definition) is 2. The molecule has 4 rings (SSSR count). The normalized spacial score (nSPS) is 10.8. The molecule has 34 heavy (non-hydrogen) atoms. The first kappa shape index (κ1) is 23.0. The van der Waals surface area contributed by atoms with Gasteiger partial charge in [0.25, 0.3) is 0 Å². The predicted octanol–water partition coefficient (Wildman–Crippen LogP) is 4.49. The third-order valence-electron chi connectivity index (χ3n) is 5.50. The molecule has 0 aliphatic rings. The van der Waals surface area contributed by atoms with Gasteiger partial charge in [0.1, 0.15) is 11.6 Å². The van der Waals surface area contributed by atoms with Gasteiger partial charge in [-0.25, -0.2) is 4.39 Å². The Kier molecular flexibility index (Phi) is 7.17. The first-order chi connectivity index (χ1) is 16.5. The topological polar surface area (TPSA) is 95.1 Å². The molecule has 7 nitrogen and oxygen atoms in total. The summed E-state index contributed by atoms with van der Waals surface area (Å²) in [6.07, 6.45) is 3.31. The van der Waals surface area contributed by atoms with Gasteiger partial charge in [0.05, 0.1) is 24.2 Å². The van der Waals surface area contributed by atoms with E-state index in [9.17, 15) is 9.18 Å². The van der Waals surface area contributed by atoms with Gasteiger partial charge >= 0.3 is 0 Å². The van der Waals surface area contributed by atoms with E-state index in [1.807, 2.05) is 36.5 Å². The summed E-state index contributed by atoms with van der Waals surface area (Å²) in [5.74, 6) is 0.373. The molecule has 0 fully saturated rings. The summed E-state index contributed by atoms with van der Waals surface area (Å²) in [5, 5.41) is 11.2. The summed E-state index contributed by atoms with van der Waals surface area (Å²) in [7, 11) is 1.66. The Bertz CT molecular complexity index is 1270. The number of halogens is 1. The molecule has 4 aromatic rings. The minimum absolute atomic E-state index is 0.175. The van der Waals surface area contributed by atoms with Gasteiger partial charge in [0.2, 0.25) is 5.91 Å². The molecule has 0 spiro atoms. The summed E-state index contributed by atoms with van der Waals surface area (Å²) in [6.45, 7) is 0.659. The zero-order valence-electron chi connectivity index (χ0n) is 18.9. The van der Waals surface area contributed by atoms with Crippen LogP contribution >= 0.6 is 0 Å². The maximum Gasteiger partial charge on any atom is 0.224 e. The number of methoxy groups -OCH3 is 1. The van der Waals surface area contributed by atoms with Crippen LogP contribution in [0.2, 0.25) is 0 Å². The van der Waals surface area contributed by atoms with Crippen molar-refractivity contribution in [3.05, 3.63) is 90.0 Å². The van der Waals surface area contributed by atoms with Crippen LogP contribution in [0.15, 0.2) is 72.9 Å². The summed E-state index contributed by atoms with van der Waals surface area (Å²) in [4.78, 5) is 12.5. The van der Waals surface area contributed by atoms with E-state index < -0.39 is 0 Å². The molecular weight excluding hydrogens is 433 g/mol. The number of hydrogen-bond acceptors (Lipinski definition) is 5. The molecule has 0 unspecified atom stereocenters. The van der Waals surface area contributed by atoms with Crippen molar-refractivity contribution >= 4 is 17.3 Å². The first-order valence-electron chi connectivity index (χ1n) is 11.0. The number of carbonyl (C=O) groups excluding carboxylic acids is 1. The second kappa shape index (κ2) is 10.6. The van der Waals surface area contributed by atoms with Crippen molar-refractivity contribution in [2.75, 3.05) is 18.2 Å². The number of benzene rings is 3. The highest BCUT2D eigenvalue weighted by molar-refractivity contribution is 5.95. The first-order valence-corrected chi connectivity index (χ1v) is 11.0. The second-order valence-electron chi connectivity index (χ2n) is 7.89. The lowest BCUT2D eigenvalue weighted by molar-refractivity contribution is -0.116. The highest BCUT2D eigenvalue weighted by Crippen LogP contribution is 2.27. The fourth-order valence-corrected chi connectivity index (χ4v) is 3.65. The molecule has 1 amide bonds. The largest absolute Gasteiger partial charge is 0.496 e. The van der Waals surface area contributed by atoms with E-state index >= 15 is 0 Å². The lowest BCUT2D eigenvalue weighted by atomic mass is 10.0. The summed E-state index contributed by atoms with van der Waals surface area (Å²) in [5.41, 5.74) is 10.5. The van der Waals surface area contributed by atoms with Gasteiger partial charge in [-0.05, 0) is 53.4 Å². The summed E-state index contributed by atoms with van der Waals surface area (Å²) in [6, 6.07) is 19.4. The van der Waals surface area contributed by atoms with Gasteiger partial charge in [0.15, 0.2) is 0 Å². The number of carbonyl (C=O) groups is 1. The molecule has 8 heteroatoms. The van der Waals surface area contributed by atoms with Crippen LogP contribution in [0.5, 0.6) is 5.75 Å². The molecule has 0 atom stereocenters. The molecule has 0 aliphatic heterocycles. The number of nitrogens with two attached hydrogens (primary N) is 1. The Balaban J connectivity index is 1.32. The van der Waals surface area contributed by atoms with E-state index in [4.69, 9.17) is 10.5 Å². The average molecular weight is 460 g/mol. The number of aromatic nitrogens is 3. The number of nitrogen functional groups attached to an aromatic ring is 1. The quantitative estimate of drug-likeness (QED) is 0.360. The van der Waals surface area contributed by atoms with E-state index in [0.717, 1.165) is 34.6 Å². The molecule has 174 valence electrons. The lowest BCUT2D eigenvalue weighted by Gasteiger charge is -2.10. The number of amides is 1. The fourth-order valence-electron chi connectivity index (χ4n) is 3.65. The molecule has 0 aliphatic carbocycles. The number of para-hydroxylation sites is 1. The van der Waals surface area contributed by atoms with Crippen LogP contribution in [0.4, 0.5) is 15.8 Å². The van der Waals surface area contributed by atoms with Crippen molar-refractivity contribution in [2.24, 2.45) is 0 Å². The molecule has 0 bridgehead atoms. The Morgan fingerprint density at radius 2 is 1.82 bits per heavy atom. The Morgan fingerprint density at radius 1 is 1.06 bits per heavy atom. The summed E-state index contributed by atoms with van der Waals surface area (Å²) < 4.78 is 20.4. The molecule has 0 radical (unpaired) electrons.